The summed E-state index contributed by atoms with van der Waals surface area (Å²) in [4.78, 5) is 52.7. The Labute approximate surface area is 197 Å². The van der Waals surface area contributed by atoms with Gasteiger partial charge >= 0.3 is 5.97 Å². The van der Waals surface area contributed by atoms with Gasteiger partial charge in [0.05, 0.1) is 12.7 Å². The van der Waals surface area contributed by atoms with Crippen molar-refractivity contribution >= 4 is 23.4 Å². The molecule has 2 fully saturated rings. The van der Waals surface area contributed by atoms with E-state index in [0.29, 0.717) is 45.1 Å². The molecule has 2 bridgehead atoms. The van der Waals surface area contributed by atoms with E-state index in [1.54, 1.807) is 6.92 Å². The third-order valence-electron chi connectivity index (χ3n) is 7.07. The number of carbonyl (C=O) groups excluding carboxylic acids is 4. The fourth-order valence-electron chi connectivity index (χ4n) is 5.06. The number of allylic oxidation sites excluding steroid dienone is 2. The van der Waals surface area contributed by atoms with Gasteiger partial charge in [-0.3, -0.25) is 14.4 Å². The zero-order chi connectivity index (χ0) is 23.7. The molecule has 3 atom stereocenters. The maximum Gasteiger partial charge on any atom is 0.328 e. The number of hydrogen-bond donors (Lipinski definition) is 0. The molecule has 0 aliphatic carbocycles. The molecule has 33 heavy (non-hydrogen) atoms. The lowest BCUT2D eigenvalue weighted by molar-refractivity contribution is -0.174. The van der Waals surface area contributed by atoms with Crippen molar-refractivity contribution in [2.45, 2.75) is 115 Å². The molecule has 0 radical (unpaired) electrons. The number of fused-ring (bicyclic) bond motifs is 3. The Morgan fingerprint density at radius 2 is 1.70 bits per heavy atom. The summed E-state index contributed by atoms with van der Waals surface area (Å²) in [6.45, 7) is 2.33. The first kappa shape index (κ1) is 25.6. The Kier molecular flexibility index (Phi) is 9.65. The monoisotopic (exact) mass is 461 g/mol. The predicted molar refractivity (Wildman–Crippen MR) is 124 cm³/mol. The van der Waals surface area contributed by atoms with Gasteiger partial charge in [-0.05, 0) is 77.6 Å². The number of ether oxygens (including phenoxy) is 2. The number of hydrogen-bond acceptors (Lipinski definition) is 6. The van der Waals surface area contributed by atoms with E-state index < -0.39 is 29.3 Å². The maximum atomic E-state index is 13.3. The van der Waals surface area contributed by atoms with Crippen LogP contribution in [0.5, 0.6) is 0 Å². The van der Waals surface area contributed by atoms with Crippen LogP contribution in [-0.2, 0) is 28.7 Å². The first-order chi connectivity index (χ1) is 15.9. The molecule has 3 aliphatic heterocycles. The highest BCUT2D eigenvalue weighted by Crippen LogP contribution is 2.33. The summed E-state index contributed by atoms with van der Waals surface area (Å²) < 4.78 is 11.6. The molecule has 0 N–H and O–H groups in total. The van der Waals surface area contributed by atoms with Gasteiger partial charge in [0.2, 0.25) is 0 Å². The van der Waals surface area contributed by atoms with Crippen LogP contribution in [-0.4, -0.2) is 59.2 Å². The van der Waals surface area contributed by atoms with E-state index in [1.165, 1.54) is 4.90 Å². The summed E-state index contributed by atoms with van der Waals surface area (Å²) in [6, 6.07) is -0.723. The second kappa shape index (κ2) is 12.4. The Hall–Kier alpha value is -2.02. The quantitative estimate of drug-likeness (QED) is 0.307. The summed E-state index contributed by atoms with van der Waals surface area (Å²) in [5.74, 6) is -1.43. The predicted octanol–water partition coefficient (Wildman–Crippen LogP) is 4.07. The molecule has 2 saturated heterocycles. The summed E-state index contributed by atoms with van der Waals surface area (Å²) in [5.41, 5.74) is -1.13. The third kappa shape index (κ3) is 7.23. The minimum atomic E-state index is -1.13. The lowest BCUT2D eigenvalue weighted by atomic mass is 9.87. The molecular formula is C26H39NO6. The largest absolute Gasteiger partial charge is 0.464 e. The van der Waals surface area contributed by atoms with Gasteiger partial charge in [0.15, 0.2) is 0 Å². The lowest BCUT2D eigenvalue weighted by Gasteiger charge is -2.40. The SMILES string of the molecule is CC12CCCC(CCCC/C=C\CC(=O)CCCCOC(=O)C3CCCCN3C(=O)C1=O)O2. The Morgan fingerprint density at radius 3 is 2.55 bits per heavy atom. The molecule has 3 aliphatic rings. The maximum absolute atomic E-state index is 13.3. The Balaban J connectivity index is 1.71. The first-order valence-corrected chi connectivity index (χ1v) is 12.8. The van der Waals surface area contributed by atoms with Crippen LogP contribution in [0.1, 0.15) is 96.8 Å². The summed E-state index contributed by atoms with van der Waals surface area (Å²) in [7, 11) is 0. The normalized spacial score (nSPS) is 32.9. The highest BCUT2D eigenvalue weighted by Gasteiger charge is 2.46. The van der Waals surface area contributed by atoms with Gasteiger partial charge < -0.3 is 14.4 Å². The van der Waals surface area contributed by atoms with Crippen LogP contribution in [0.2, 0.25) is 0 Å². The smallest absolute Gasteiger partial charge is 0.328 e. The molecule has 1 amide bonds. The van der Waals surface area contributed by atoms with Crippen molar-refractivity contribution in [3.05, 3.63) is 12.2 Å². The van der Waals surface area contributed by atoms with Crippen LogP contribution < -0.4 is 0 Å². The number of esters is 1. The molecule has 0 aromatic rings. The molecule has 184 valence electrons. The molecular weight excluding hydrogens is 422 g/mol. The van der Waals surface area contributed by atoms with Gasteiger partial charge in [-0.25, -0.2) is 4.79 Å². The molecule has 3 unspecified atom stereocenters. The highest BCUT2D eigenvalue weighted by atomic mass is 16.5. The number of cyclic esters (lactones) is 1. The number of ketones is 2. The number of nitrogens with zero attached hydrogens (tertiary/aromatic N) is 1. The summed E-state index contributed by atoms with van der Waals surface area (Å²) >= 11 is 0. The molecule has 0 spiro atoms. The van der Waals surface area contributed by atoms with Crippen molar-refractivity contribution in [1.82, 2.24) is 4.90 Å². The number of carbonyl (C=O) groups is 4. The van der Waals surface area contributed by atoms with Gasteiger partial charge in [-0.2, -0.15) is 0 Å². The van der Waals surface area contributed by atoms with E-state index >= 15 is 0 Å². The number of amides is 1. The third-order valence-corrected chi connectivity index (χ3v) is 7.07. The van der Waals surface area contributed by atoms with Gasteiger partial charge in [0.25, 0.3) is 11.7 Å². The standard InChI is InChI=1S/C26H39NO6/c1-26-17-11-15-21(33-26)14-6-4-2-3-5-12-20(28)13-8-10-19-32-25(31)22-16-7-9-18-27(22)24(30)23(26)29/h3,5,21-22H,2,4,6-19H2,1H3/b5-3-. The van der Waals surface area contributed by atoms with Crippen molar-refractivity contribution in [2.75, 3.05) is 13.2 Å². The molecule has 3 rings (SSSR count). The van der Waals surface area contributed by atoms with Crippen molar-refractivity contribution < 1.29 is 28.7 Å². The fourth-order valence-corrected chi connectivity index (χ4v) is 5.06. The number of piperidine rings is 1. The minimum Gasteiger partial charge on any atom is -0.464 e. The van der Waals surface area contributed by atoms with Gasteiger partial charge in [-0.15, -0.1) is 0 Å². The van der Waals surface area contributed by atoms with E-state index in [4.69, 9.17) is 9.47 Å². The molecule has 0 aromatic heterocycles. The van der Waals surface area contributed by atoms with Crippen LogP contribution in [0.4, 0.5) is 0 Å². The van der Waals surface area contributed by atoms with E-state index in [2.05, 4.69) is 6.08 Å². The summed E-state index contributed by atoms with van der Waals surface area (Å²) in [6.07, 6.45) is 14.2. The topological polar surface area (TPSA) is 90.0 Å². The van der Waals surface area contributed by atoms with Gasteiger partial charge in [-0.1, -0.05) is 18.6 Å². The van der Waals surface area contributed by atoms with E-state index in [-0.39, 0.29) is 18.5 Å². The van der Waals surface area contributed by atoms with Crippen LogP contribution in [0, 0.1) is 0 Å². The fraction of sp³-hybridized carbons (Fsp3) is 0.769. The van der Waals surface area contributed by atoms with Crippen LogP contribution in [0.3, 0.4) is 0 Å². The second-order valence-electron chi connectivity index (χ2n) is 9.83. The average molecular weight is 462 g/mol. The van der Waals surface area contributed by atoms with E-state index in [0.717, 1.165) is 51.4 Å². The molecule has 7 heteroatoms. The van der Waals surface area contributed by atoms with Crippen molar-refractivity contribution in [2.24, 2.45) is 0 Å². The number of rotatable bonds is 0. The first-order valence-electron chi connectivity index (χ1n) is 12.8. The highest BCUT2D eigenvalue weighted by molar-refractivity contribution is 6.39. The molecule has 0 aromatic carbocycles. The zero-order valence-electron chi connectivity index (χ0n) is 20.0. The van der Waals surface area contributed by atoms with Gasteiger partial charge in [0, 0.05) is 19.4 Å². The number of Topliss-reactive ketones (excluding diaryl/α,β-unsaturated/α-hetero) is 2. The zero-order valence-corrected chi connectivity index (χ0v) is 20.0. The van der Waals surface area contributed by atoms with Crippen molar-refractivity contribution in [3.8, 4) is 0 Å². The minimum absolute atomic E-state index is 0.0396. The van der Waals surface area contributed by atoms with Crippen molar-refractivity contribution in [3.63, 3.8) is 0 Å². The molecule has 7 nitrogen and oxygen atoms in total. The van der Waals surface area contributed by atoms with Gasteiger partial charge in [0.1, 0.15) is 17.4 Å². The Bertz CT molecular complexity index is 747. The van der Waals surface area contributed by atoms with Crippen LogP contribution >= 0.6 is 0 Å². The summed E-state index contributed by atoms with van der Waals surface area (Å²) in [5, 5.41) is 0. The van der Waals surface area contributed by atoms with E-state index in [1.807, 2.05) is 6.08 Å². The van der Waals surface area contributed by atoms with E-state index in [9.17, 15) is 19.2 Å². The average Bonchev–Trinajstić information content (AvgIpc) is 2.81. The second-order valence-corrected chi connectivity index (χ2v) is 9.83. The van der Waals surface area contributed by atoms with Crippen LogP contribution in [0.15, 0.2) is 12.2 Å². The van der Waals surface area contributed by atoms with Crippen LogP contribution in [0.25, 0.3) is 0 Å². The molecule has 3 heterocycles. The van der Waals surface area contributed by atoms with Crippen molar-refractivity contribution in [1.29, 1.82) is 0 Å². The lowest BCUT2D eigenvalue weighted by Crippen LogP contribution is -2.57. The Morgan fingerprint density at radius 1 is 0.909 bits per heavy atom. The molecule has 0 saturated carbocycles.